The predicted octanol–water partition coefficient (Wildman–Crippen LogP) is 1.66. The van der Waals surface area contributed by atoms with Gasteiger partial charge >= 0.3 is 0 Å². The molecule has 0 saturated heterocycles. The summed E-state index contributed by atoms with van der Waals surface area (Å²) in [4.78, 5) is 10.7. The molecule has 62 valence electrons. The predicted molar refractivity (Wildman–Crippen MR) is 42.6 cm³/mol. The molecule has 1 aromatic rings. The molecule has 1 heterocycles. The maximum atomic E-state index is 10.7. The van der Waals surface area contributed by atoms with Gasteiger partial charge in [-0.05, 0) is 6.42 Å². The summed E-state index contributed by atoms with van der Waals surface area (Å²) in [5.74, 6) is 0.727. The van der Waals surface area contributed by atoms with Crippen LogP contribution < -0.4 is 5.56 Å². The molecule has 0 aliphatic heterocycles. The quantitative estimate of drug-likeness (QED) is 0.705. The minimum atomic E-state index is -0.165. The van der Waals surface area contributed by atoms with Crippen molar-refractivity contribution in [3.63, 3.8) is 0 Å². The Balaban J connectivity index is 3.01. The first kappa shape index (κ1) is 8.11. The van der Waals surface area contributed by atoms with E-state index in [0.29, 0.717) is 0 Å². The van der Waals surface area contributed by atoms with E-state index in [2.05, 4.69) is 12.1 Å². The van der Waals surface area contributed by atoms with Crippen LogP contribution in [0.15, 0.2) is 15.4 Å². The summed E-state index contributed by atoms with van der Waals surface area (Å²) in [6.45, 7) is 6.14. The Morgan fingerprint density at radius 2 is 2.27 bits per heavy atom. The Kier molecular flexibility index (Phi) is 1.89. The molecule has 0 radical (unpaired) electrons. The van der Waals surface area contributed by atoms with Crippen LogP contribution in [-0.2, 0) is 5.41 Å². The van der Waals surface area contributed by atoms with Crippen molar-refractivity contribution < 1.29 is 4.52 Å². The van der Waals surface area contributed by atoms with Crippen molar-refractivity contribution in [3.05, 3.63) is 22.2 Å². The molecule has 3 nitrogen and oxygen atoms in total. The fraction of sp³-hybridized carbons (Fsp3) is 0.625. The van der Waals surface area contributed by atoms with Gasteiger partial charge in [0.05, 0.1) is 0 Å². The van der Waals surface area contributed by atoms with E-state index in [1.54, 1.807) is 0 Å². The van der Waals surface area contributed by atoms with Gasteiger partial charge in [0, 0.05) is 11.5 Å². The minimum absolute atomic E-state index is 0.0425. The van der Waals surface area contributed by atoms with E-state index in [1.807, 2.05) is 13.8 Å². The lowest BCUT2D eigenvalue weighted by Gasteiger charge is -2.17. The molecular weight excluding hydrogens is 142 g/mol. The number of H-pyrrole nitrogens is 1. The molecule has 0 bridgehead atoms. The van der Waals surface area contributed by atoms with Crippen LogP contribution in [0.25, 0.3) is 0 Å². The molecular formula is C8H13NO2. The summed E-state index contributed by atoms with van der Waals surface area (Å²) in [7, 11) is 0. The number of nitrogens with one attached hydrogen (secondary N) is 1. The summed E-state index contributed by atoms with van der Waals surface area (Å²) in [5, 5.41) is 2.28. The number of aromatic amines is 1. The van der Waals surface area contributed by atoms with Gasteiger partial charge in [-0.2, -0.15) is 5.16 Å². The lowest BCUT2D eigenvalue weighted by molar-refractivity contribution is 0.308. The molecule has 3 heteroatoms. The normalized spacial score (nSPS) is 11.9. The monoisotopic (exact) mass is 155 g/mol. The molecule has 11 heavy (non-hydrogen) atoms. The van der Waals surface area contributed by atoms with Crippen LogP contribution in [0, 0.1) is 0 Å². The van der Waals surface area contributed by atoms with Crippen LogP contribution in [-0.4, -0.2) is 5.16 Å². The maximum Gasteiger partial charge on any atom is 0.280 e. The van der Waals surface area contributed by atoms with Crippen LogP contribution in [0.5, 0.6) is 0 Å². The molecule has 0 saturated carbocycles. The number of aromatic nitrogens is 1. The third kappa shape index (κ3) is 1.53. The maximum absolute atomic E-state index is 10.7. The highest BCUT2D eigenvalue weighted by Crippen LogP contribution is 2.24. The molecule has 0 aromatic carbocycles. The zero-order chi connectivity index (χ0) is 8.48. The van der Waals surface area contributed by atoms with Crippen molar-refractivity contribution >= 4 is 0 Å². The second kappa shape index (κ2) is 2.57. The van der Waals surface area contributed by atoms with E-state index in [0.717, 1.165) is 12.2 Å². The first-order chi connectivity index (χ1) is 5.06. The van der Waals surface area contributed by atoms with E-state index in [9.17, 15) is 4.79 Å². The van der Waals surface area contributed by atoms with Crippen LogP contribution in [0.3, 0.4) is 0 Å². The van der Waals surface area contributed by atoms with E-state index in [-0.39, 0.29) is 11.0 Å². The molecule has 0 fully saturated rings. The van der Waals surface area contributed by atoms with Crippen LogP contribution in [0.4, 0.5) is 0 Å². The van der Waals surface area contributed by atoms with Crippen molar-refractivity contribution in [3.8, 4) is 0 Å². The SMILES string of the molecule is CCC(C)(C)c1cc(=O)[nH]o1. The molecule has 0 aliphatic rings. The smallest absolute Gasteiger partial charge is 0.280 e. The molecule has 0 atom stereocenters. The van der Waals surface area contributed by atoms with Gasteiger partial charge < -0.3 is 4.52 Å². The van der Waals surface area contributed by atoms with E-state index < -0.39 is 0 Å². The van der Waals surface area contributed by atoms with Crippen molar-refractivity contribution in [2.24, 2.45) is 0 Å². The van der Waals surface area contributed by atoms with Gasteiger partial charge in [0.25, 0.3) is 5.56 Å². The van der Waals surface area contributed by atoms with Gasteiger partial charge in [-0.1, -0.05) is 20.8 Å². The second-order valence-corrected chi connectivity index (χ2v) is 3.31. The largest absolute Gasteiger partial charge is 0.383 e. The molecule has 0 amide bonds. The fourth-order valence-electron chi connectivity index (χ4n) is 0.791. The molecule has 1 N–H and O–H groups in total. The number of hydrogen-bond donors (Lipinski definition) is 1. The van der Waals surface area contributed by atoms with Crippen LogP contribution >= 0.6 is 0 Å². The third-order valence-corrected chi connectivity index (χ3v) is 2.07. The van der Waals surface area contributed by atoms with E-state index in [1.165, 1.54) is 6.07 Å². The summed E-state index contributed by atoms with van der Waals surface area (Å²) < 4.78 is 4.98. The average Bonchev–Trinajstić information content (AvgIpc) is 2.36. The van der Waals surface area contributed by atoms with Crippen molar-refractivity contribution in [2.45, 2.75) is 32.6 Å². The third-order valence-electron chi connectivity index (χ3n) is 2.07. The van der Waals surface area contributed by atoms with Gasteiger partial charge in [0.15, 0.2) is 0 Å². The average molecular weight is 155 g/mol. The Morgan fingerprint density at radius 3 is 2.64 bits per heavy atom. The Bertz CT molecular complexity index is 282. The summed E-state index contributed by atoms with van der Waals surface area (Å²) in [6.07, 6.45) is 0.952. The molecule has 1 aromatic heterocycles. The van der Waals surface area contributed by atoms with Crippen molar-refractivity contribution in [2.75, 3.05) is 0 Å². The zero-order valence-corrected chi connectivity index (χ0v) is 7.10. The van der Waals surface area contributed by atoms with Gasteiger partial charge in [-0.25, -0.2) is 0 Å². The lowest BCUT2D eigenvalue weighted by atomic mass is 9.88. The van der Waals surface area contributed by atoms with Gasteiger partial charge in [0.2, 0.25) is 0 Å². The summed E-state index contributed by atoms with van der Waals surface area (Å²) >= 11 is 0. The topological polar surface area (TPSA) is 46.0 Å². The second-order valence-electron chi connectivity index (χ2n) is 3.31. The molecule has 0 aliphatic carbocycles. The van der Waals surface area contributed by atoms with Crippen LogP contribution in [0.1, 0.15) is 33.0 Å². The Labute approximate surface area is 65.4 Å². The Morgan fingerprint density at radius 1 is 1.64 bits per heavy atom. The number of hydrogen-bond acceptors (Lipinski definition) is 2. The molecule has 1 rings (SSSR count). The fourth-order valence-corrected chi connectivity index (χ4v) is 0.791. The van der Waals surface area contributed by atoms with Crippen molar-refractivity contribution in [1.82, 2.24) is 5.16 Å². The van der Waals surface area contributed by atoms with Gasteiger partial charge in [-0.15, -0.1) is 0 Å². The van der Waals surface area contributed by atoms with E-state index >= 15 is 0 Å². The first-order valence-electron chi connectivity index (χ1n) is 3.75. The highest BCUT2D eigenvalue weighted by Gasteiger charge is 2.22. The Hall–Kier alpha value is -0.990. The van der Waals surface area contributed by atoms with Gasteiger partial charge in [-0.3, -0.25) is 4.79 Å². The van der Waals surface area contributed by atoms with Crippen LogP contribution in [0.2, 0.25) is 0 Å². The number of rotatable bonds is 2. The highest BCUT2D eigenvalue weighted by atomic mass is 16.5. The lowest BCUT2D eigenvalue weighted by Crippen LogP contribution is -2.14. The first-order valence-corrected chi connectivity index (χ1v) is 3.75. The van der Waals surface area contributed by atoms with Gasteiger partial charge in [0.1, 0.15) is 5.76 Å². The summed E-state index contributed by atoms with van der Waals surface area (Å²) in [5.41, 5.74) is -0.208. The molecule has 0 spiro atoms. The zero-order valence-electron chi connectivity index (χ0n) is 7.10. The standard InChI is InChI=1S/C8H13NO2/c1-4-8(2,3)6-5-7(10)9-11-6/h5H,4H2,1-3H3,(H,9,10). The summed E-state index contributed by atoms with van der Waals surface area (Å²) in [6, 6.07) is 1.50. The van der Waals surface area contributed by atoms with E-state index in [4.69, 9.17) is 4.52 Å². The minimum Gasteiger partial charge on any atom is -0.383 e. The highest BCUT2D eigenvalue weighted by molar-refractivity contribution is 5.07. The molecule has 0 unspecified atom stereocenters. The van der Waals surface area contributed by atoms with Crippen molar-refractivity contribution in [1.29, 1.82) is 0 Å².